The summed E-state index contributed by atoms with van der Waals surface area (Å²) in [5.74, 6) is 1.25. The molecule has 6 heteroatoms. The normalized spacial score (nSPS) is 10.3. The second-order valence-electron chi connectivity index (χ2n) is 4.31. The Morgan fingerprint density at radius 1 is 1.35 bits per heavy atom. The number of nitrogens with zero attached hydrogens (tertiary/aromatic N) is 1. The van der Waals surface area contributed by atoms with Gasteiger partial charge in [-0.15, -0.1) is 0 Å². The molecule has 1 aromatic carbocycles. The molecule has 0 aliphatic heterocycles. The summed E-state index contributed by atoms with van der Waals surface area (Å²) in [5.41, 5.74) is 3.07. The van der Waals surface area contributed by atoms with Gasteiger partial charge >= 0.3 is 0 Å². The largest absolute Gasteiger partial charge is 0.493 e. The number of hydrogen-bond donors (Lipinski definition) is 3. The van der Waals surface area contributed by atoms with Gasteiger partial charge in [0.1, 0.15) is 6.61 Å². The topological polar surface area (TPSA) is 79.4 Å². The Hall–Kier alpha value is -2.21. The third-order valence-electron chi connectivity index (χ3n) is 2.93. The first-order valence-corrected chi connectivity index (χ1v) is 6.39. The molecule has 6 nitrogen and oxygen atoms in total. The number of aromatic nitrogens is 2. The number of rotatable bonds is 7. The second kappa shape index (κ2) is 6.81. The third-order valence-corrected chi connectivity index (χ3v) is 2.93. The van der Waals surface area contributed by atoms with Gasteiger partial charge in [0.25, 0.3) is 0 Å². The summed E-state index contributed by atoms with van der Waals surface area (Å²) >= 11 is 0. The number of hydrogen-bond acceptors (Lipinski definition) is 5. The molecule has 0 amide bonds. The van der Waals surface area contributed by atoms with Crippen molar-refractivity contribution in [3.63, 3.8) is 0 Å². The molecular weight excluding hydrogens is 258 g/mol. The number of aryl methyl sites for hydroxylation is 1. The van der Waals surface area contributed by atoms with E-state index in [1.165, 1.54) is 0 Å². The first-order valence-electron chi connectivity index (χ1n) is 6.39. The summed E-state index contributed by atoms with van der Waals surface area (Å²) in [6, 6.07) is 5.60. The molecule has 3 N–H and O–H groups in total. The lowest BCUT2D eigenvalue weighted by Crippen LogP contribution is -2.04. The highest BCUT2D eigenvalue weighted by Crippen LogP contribution is 2.30. The predicted molar refractivity (Wildman–Crippen MR) is 76.2 cm³/mol. The Labute approximate surface area is 117 Å². The number of aromatic amines is 1. The Kier molecular flexibility index (Phi) is 4.84. The number of methoxy groups -OCH3 is 1. The molecule has 0 spiro atoms. The fourth-order valence-electron chi connectivity index (χ4n) is 1.81. The van der Waals surface area contributed by atoms with E-state index in [0.717, 1.165) is 16.9 Å². The lowest BCUT2D eigenvalue weighted by Gasteiger charge is -2.12. The van der Waals surface area contributed by atoms with E-state index >= 15 is 0 Å². The molecule has 0 aliphatic rings. The fourth-order valence-corrected chi connectivity index (χ4v) is 1.81. The van der Waals surface area contributed by atoms with Gasteiger partial charge in [-0.2, -0.15) is 5.10 Å². The molecule has 0 aliphatic carbocycles. The van der Waals surface area contributed by atoms with Crippen LogP contribution in [0.1, 0.15) is 11.3 Å². The van der Waals surface area contributed by atoms with Crippen LogP contribution in [0.5, 0.6) is 11.5 Å². The highest BCUT2D eigenvalue weighted by Gasteiger charge is 2.06. The molecule has 1 heterocycles. The van der Waals surface area contributed by atoms with Crippen LogP contribution < -0.4 is 14.8 Å². The van der Waals surface area contributed by atoms with Gasteiger partial charge in [0.2, 0.25) is 0 Å². The molecule has 0 bridgehead atoms. The molecule has 2 aromatic rings. The van der Waals surface area contributed by atoms with Crippen molar-refractivity contribution >= 4 is 5.69 Å². The maximum absolute atomic E-state index is 8.83. The summed E-state index contributed by atoms with van der Waals surface area (Å²) in [6.45, 7) is 2.86. The van der Waals surface area contributed by atoms with E-state index < -0.39 is 0 Å². The summed E-state index contributed by atoms with van der Waals surface area (Å²) < 4.78 is 10.7. The molecule has 2 rings (SSSR count). The highest BCUT2D eigenvalue weighted by molar-refractivity contribution is 5.55. The predicted octanol–water partition coefficient (Wildman–Crippen LogP) is 1.71. The molecule has 20 heavy (non-hydrogen) atoms. The lowest BCUT2D eigenvalue weighted by molar-refractivity contribution is 0.196. The van der Waals surface area contributed by atoms with Crippen molar-refractivity contribution in [3.05, 3.63) is 35.7 Å². The van der Waals surface area contributed by atoms with Gasteiger partial charge in [-0.05, 0) is 19.1 Å². The summed E-state index contributed by atoms with van der Waals surface area (Å²) in [4.78, 5) is 0. The van der Waals surface area contributed by atoms with Crippen molar-refractivity contribution in [1.29, 1.82) is 0 Å². The number of benzene rings is 1. The maximum Gasteiger partial charge on any atom is 0.163 e. The van der Waals surface area contributed by atoms with Crippen LogP contribution >= 0.6 is 0 Å². The van der Waals surface area contributed by atoms with Crippen LogP contribution in [0.3, 0.4) is 0 Å². The standard InChI is InChI=1S/C14H19N3O3/c1-10-11(9-16-17-10)8-15-12-3-4-13(19-2)14(7-12)20-6-5-18/h3-4,7,9,15,18H,5-6,8H2,1-2H3,(H,16,17). The molecule has 108 valence electrons. The van der Waals surface area contributed by atoms with Gasteiger partial charge in [-0.25, -0.2) is 0 Å². The van der Waals surface area contributed by atoms with E-state index in [9.17, 15) is 0 Å². The van der Waals surface area contributed by atoms with E-state index in [1.54, 1.807) is 13.3 Å². The molecule has 0 fully saturated rings. The Morgan fingerprint density at radius 3 is 2.85 bits per heavy atom. The molecule has 0 saturated heterocycles. The average molecular weight is 277 g/mol. The minimum atomic E-state index is -0.0327. The van der Waals surface area contributed by atoms with Gasteiger partial charge in [0.05, 0.1) is 19.9 Å². The van der Waals surface area contributed by atoms with Gasteiger partial charge in [-0.3, -0.25) is 5.10 Å². The van der Waals surface area contributed by atoms with E-state index in [0.29, 0.717) is 18.0 Å². The number of H-pyrrole nitrogens is 1. The van der Waals surface area contributed by atoms with Crippen molar-refractivity contribution in [3.8, 4) is 11.5 Å². The van der Waals surface area contributed by atoms with Gasteiger partial charge < -0.3 is 19.9 Å². The molecule has 0 atom stereocenters. The molecule has 0 saturated carbocycles. The molecular formula is C14H19N3O3. The Bertz CT molecular complexity index is 554. The zero-order valence-corrected chi connectivity index (χ0v) is 11.6. The van der Waals surface area contributed by atoms with Gasteiger partial charge in [0, 0.05) is 29.6 Å². The monoisotopic (exact) mass is 277 g/mol. The highest BCUT2D eigenvalue weighted by atomic mass is 16.5. The maximum atomic E-state index is 8.83. The van der Waals surface area contributed by atoms with Crippen LogP contribution in [-0.2, 0) is 6.54 Å². The van der Waals surface area contributed by atoms with E-state index in [4.69, 9.17) is 14.6 Å². The Morgan fingerprint density at radius 2 is 2.20 bits per heavy atom. The van der Waals surface area contributed by atoms with E-state index in [2.05, 4.69) is 15.5 Å². The average Bonchev–Trinajstić information content (AvgIpc) is 2.88. The van der Waals surface area contributed by atoms with Crippen molar-refractivity contribution in [2.45, 2.75) is 13.5 Å². The van der Waals surface area contributed by atoms with E-state index in [-0.39, 0.29) is 13.2 Å². The molecule has 1 aromatic heterocycles. The van der Waals surface area contributed by atoms with Crippen LogP contribution in [0.15, 0.2) is 24.4 Å². The first-order chi connectivity index (χ1) is 9.74. The van der Waals surface area contributed by atoms with Crippen LogP contribution in [0.4, 0.5) is 5.69 Å². The van der Waals surface area contributed by atoms with Crippen LogP contribution in [-0.4, -0.2) is 35.6 Å². The lowest BCUT2D eigenvalue weighted by atomic mass is 10.2. The third kappa shape index (κ3) is 3.42. The SMILES string of the molecule is COc1ccc(NCc2cn[nH]c2C)cc1OCCO. The molecule has 0 radical (unpaired) electrons. The number of nitrogens with one attached hydrogen (secondary N) is 2. The molecule has 0 unspecified atom stereocenters. The van der Waals surface area contributed by atoms with Crippen molar-refractivity contribution in [1.82, 2.24) is 10.2 Å². The number of anilines is 1. The van der Waals surface area contributed by atoms with Crippen LogP contribution in [0.25, 0.3) is 0 Å². The minimum Gasteiger partial charge on any atom is -0.493 e. The first kappa shape index (κ1) is 14.2. The zero-order valence-electron chi connectivity index (χ0n) is 11.6. The van der Waals surface area contributed by atoms with Crippen molar-refractivity contribution < 1.29 is 14.6 Å². The number of ether oxygens (including phenoxy) is 2. The number of aliphatic hydroxyl groups excluding tert-OH is 1. The Balaban J connectivity index is 2.06. The van der Waals surface area contributed by atoms with Crippen molar-refractivity contribution in [2.24, 2.45) is 0 Å². The second-order valence-corrected chi connectivity index (χ2v) is 4.31. The summed E-state index contributed by atoms with van der Waals surface area (Å²) in [6.07, 6.45) is 1.80. The summed E-state index contributed by atoms with van der Waals surface area (Å²) in [5, 5.41) is 19.0. The van der Waals surface area contributed by atoms with Crippen LogP contribution in [0, 0.1) is 6.92 Å². The summed E-state index contributed by atoms with van der Waals surface area (Å²) in [7, 11) is 1.59. The quantitative estimate of drug-likeness (QED) is 0.718. The zero-order chi connectivity index (χ0) is 14.4. The number of aliphatic hydroxyl groups is 1. The van der Waals surface area contributed by atoms with E-state index in [1.807, 2.05) is 25.1 Å². The smallest absolute Gasteiger partial charge is 0.163 e. The minimum absolute atomic E-state index is 0.0327. The fraction of sp³-hybridized carbons (Fsp3) is 0.357. The van der Waals surface area contributed by atoms with Crippen LogP contribution in [0.2, 0.25) is 0 Å². The van der Waals surface area contributed by atoms with Gasteiger partial charge in [0.15, 0.2) is 11.5 Å². The van der Waals surface area contributed by atoms with Crippen molar-refractivity contribution in [2.75, 3.05) is 25.6 Å². The van der Waals surface area contributed by atoms with Gasteiger partial charge in [-0.1, -0.05) is 0 Å².